The van der Waals surface area contributed by atoms with Crippen molar-refractivity contribution in [2.75, 3.05) is 18.4 Å². The van der Waals surface area contributed by atoms with E-state index >= 15 is 0 Å². The van der Waals surface area contributed by atoms with Crippen LogP contribution in [0.5, 0.6) is 0 Å². The van der Waals surface area contributed by atoms with Crippen molar-refractivity contribution >= 4 is 23.6 Å². The van der Waals surface area contributed by atoms with Gasteiger partial charge in [-0.25, -0.2) is 0 Å². The van der Waals surface area contributed by atoms with Crippen LogP contribution in [0.1, 0.15) is 35.3 Å². The molecule has 2 amide bonds. The molecule has 2 aromatic rings. The number of aryl methyl sites for hydroxylation is 1. The average molecular weight is 336 g/mol. The molecule has 0 bridgehead atoms. The predicted octanol–water partition coefficient (Wildman–Crippen LogP) is 4.13. The minimum absolute atomic E-state index is 0.0311. The smallest absolute Gasteiger partial charge is 0.253 e. The summed E-state index contributed by atoms with van der Waals surface area (Å²) in [6.07, 6.45) is 3.26. The summed E-state index contributed by atoms with van der Waals surface area (Å²) in [5, 5.41) is 2.80. The predicted molar refractivity (Wildman–Crippen MR) is 103 cm³/mol. The van der Waals surface area contributed by atoms with Gasteiger partial charge in [-0.15, -0.1) is 0 Å². The lowest BCUT2D eigenvalue weighted by Crippen LogP contribution is -2.30. The molecule has 0 radical (unpaired) electrons. The van der Waals surface area contributed by atoms with Gasteiger partial charge in [0.1, 0.15) is 0 Å². The number of carbonyl (C=O) groups excluding carboxylic acids is 2. The zero-order valence-corrected chi connectivity index (χ0v) is 15.0. The van der Waals surface area contributed by atoms with E-state index in [-0.39, 0.29) is 11.8 Å². The van der Waals surface area contributed by atoms with Gasteiger partial charge in [-0.05, 0) is 50.6 Å². The van der Waals surface area contributed by atoms with Gasteiger partial charge in [0.05, 0.1) is 0 Å². The maximum Gasteiger partial charge on any atom is 0.253 e. The van der Waals surface area contributed by atoms with Crippen molar-refractivity contribution in [1.82, 2.24) is 4.90 Å². The number of amides is 2. The molecule has 0 fully saturated rings. The molecule has 0 aliphatic heterocycles. The van der Waals surface area contributed by atoms with Crippen LogP contribution in [0.2, 0.25) is 0 Å². The number of carbonyl (C=O) groups is 2. The quantitative estimate of drug-likeness (QED) is 0.806. The Bertz CT molecular complexity index is 777. The van der Waals surface area contributed by atoms with Gasteiger partial charge in [-0.1, -0.05) is 35.9 Å². The molecule has 25 heavy (non-hydrogen) atoms. The molecule has 0 saturated carbocycles. The number of hydrogen-bond acceptors (Lipinski definition) is 2. The van der Waals surface area contributed by atoms with E-state index in [1.807, 2.05) is 45.0 Å². The number of nitrogens with zero attached hydrogens (tertiary/aromatic N) is 1. The Morgan fingerprint density at radius 3 is 2.44 bits per heavy atom. The minimum atomic E-state index is -0.228. The Morgan fingerprint density at radius 1 is 1.04 bits per heavy atom. The molecule has 0 atom stereocenters. The van der Waals surface area contributed by atoms with Gasteiger partial charge in [0.2, 0.25) is 5.91 Å². The van der Waals surface area contributed by atoms with E-state index in [9.17, 15) is 9.59 Å². The SMILES string of the molecule is CCN(CC)C(=O)c1cccc(NC(=O)/C=C/c2cccc(C)c2)c1. The van der Waals surface area contributed by atoms with E-state index < -0.39 is 0 Å². The normalized spacial score (nSPS) is 10.7. The molecule has 1 N–H and O–H groups in total. The molecule has 0 spiro atoms. The van der Waals surface area contributed by atoms with Crippen LogP contribution < -0.4 is 5.32 Å². The monoisotopic (exact) mass is 336 g/mol. The average Bonchev–Trinajstić information content (AvgIpc) is 2.61. The highest BCUT2D eigenvalue weighted by Gasteiger charge is 2.12. The molecule has 0 unspecified atom stereocenters. The van der Waals surface area contributed by atoms with Crippen molar-refractivity contribution in [1.29, 1.82) is 0 Å². The maximum atomic E-state index is 12.4. The van der Waals surface area contributed by atoms with Crippen LogP contribution in [-0.4, -0.2) is 29.8 Å². The Kier molecular flexibility index (Phi) is 6.52. The highest BCUT2D eigenvalue weighted by Crippen LogP contribution is 2.13. The van der Waals surface area contributed by atoms with Crippen molar-refractivity contribution in [3.05, 3.63) is 71.3 Å². The third-order valence-corrected chi connectivity index (χ3v) is 3.90. The number of anilines is 1. The van der Waals surface area contributed by atoms with Crippen LogP contribution >= 0.6 is 0 Å². The first-order chi connectivity index (χ1) is 12.0. The zero-order valence-electron chi connectivity index (χ0n) is 15.0. The summed E-state index contributed by atoms with van der Waals surface area (Å²) in [7, 11) is 0. The highest BCUT2D eigenvalue weighted by molar-refractivity contribution is 6.03. The van der Waals surface area contributed by atoms with Crippen LogP contribution in [0.25, 0.3) is 6.08 Å². The molecule has 2 aromatic carbocycles. The first kappa shape index (κ1) is 18.5. The number of nitrogens with one attached hydrogen (secondary N) is 1. The lowest BCUT2D eigenvalue weighted by atomic mass is 10.1. The summed E-state index contributed by atoms with van der Waals surface area (Å²) in [5.41, 5.74) is 3.30. The third kappa shape index (κ3) is 5.31. The molecule has 2 rings (SSSR count). The summed E-state index contributed by atoms with van der Waals surface area (Å²) in [6, 6.07) is 14.9. The lowest BCUT2D eigenvalue weighted by molar-refractivity contribution is -0.111. The molecular formula is C21H24N2O2. The Balaban J connectivity index is 2.06. The van der Waals surface area contributed by atoms with E-state index in [2.05, 4.69) is 5.32 Å². The van der Waals surface area contributed by atoms with Gasteiger partial charge < -0.3 is 10.2 Å². The van der Waals surface area contributed by atoms with Gasteiger partial charge in [0, 0.05) is 30.4 Å². The summed E-state index contributed by atoms with van der Waals surface area (Å²) in [5.74, 6) is -0.259. The van der Waals surface area contributed by atoms with E-state index in [0.717, 1.165) is 11.1 Å². The van der Waals surface area contributed by atoms with Crippen molar-refractivity contribution in [2.24, 2.45) is 0 Å². The van der Waals surface area contributed by atoms with E-state index in [1.54, 1.807) is 35.2 Å². The highest BCUT2D eigenvalue weighted by atomic mass is 16.2. The second-order valence-electron chi connectivity index (χ2n) is 5.79. The molecule has 4 nitrogen and oxygen atoms in total. The largest absolute Gasteiger partial charge is 0.339 e. The second kappa shape index (κ2) is 8.83. The van der Waals surface area contributed by atoms with Gasteiger partial charge in [0.25, 0.3) is 5.91 Å². The van der Waals surface area contributed by atoms with Crippen LogP contribution in [0, 0.1) is 6.92 Å². The third-order valence-electron chi connectivity index (χ3n) is 3.90. The van der Waals surface area contributed by atoms with Crippen LogP contribution in [0.4, 0.5) is 5.69 Å². The van der Waals surface area contributed by atoms with Gasteiger partial charge in [-0.3, -0.25) is 9.59 Å². The molecule has 0 aliphatic carbocycles. The van der Waals surface area contributed by atoms with Gasteiger partial charge in [-0.2, -0.15) is 0 Å². The first-order valence-corrected chi connectivity index (χ1v) is 8.48. The van der Waals surface area contributed by atoms with Crippen LogP contribution in [0.3, 0.4) is 0 Å². The van der Waals surface area contributed by atoms with Crippen molar-refractivity contribution in [3.8, 4) is 0 Å². The van der Waals surface area contributed by atoms with Gasteiger partial charge in [0.15, 0.2) is 0 Å². The first-order valence-electron chi connectivity index (χ1n) is 8.48. The summed E-state index contributed by atoms with van der Waals surface area (Å²) < 4.78 is 0. The van der Waals surface area contributed by atoms with Crippen LogP contribution in [-0.2, 0) is 4.79 Å². The molecule has 0 saturated heterocycles. The van der Waals surface area contributed by atoms with Crippen molar-refractivity contribution < 1.29 is 9.59 Å². The molecule has 4 heteroatoms. The van der Waals surface area contributed by atoms with Gasteiger partial charge >= 0.3 is 0 Å². The summed E-state index contributed by atoms with van der Waals surface area (Å²) in [4.78, 5) is 26.2. The fourth-order valence-electron chi connectivity index (χ4n) is 2.55. The number of rotatable bonds is 6. The maximum absolute atomic E-state index is 12.4. The Morgan fingerprint density at radius 2 is 1.76 bits per heavy atom. The fraction of sp³-hybridized carbons (Fsp3) is 0.238. The zero-order chi connectivity index (χ0) is 18.2. The molecule has 130 valence electrons. The van der Waals surface area contributed by atoms with E-state index in [1.165, 1.54) is 6.08 Å². The molecule has 0 aromatic heterocycles. The van der Waals surface area contributed by atoms with E-state index in [0.29, 0.717) is 24.3 Å². The van der Waals surface area contributed by atoms with Crippen molar-refractivity contribution in [3.63, 3.8) is 0 Å². The second-order valence-corrected chi connectivity index (χ2v) is 5.79. The summed E-state index contributed by atoms with van der Waals surface area (Å²) in [6.45, 7) is 7.22. The molecular weight excluding hydrogens is 312 g/mol. The lowest BCUT2D eigenvalue weighted by Gasteiger charge is -2.18. The Hall–Kier alpha value is -2.88. The number of hydrogen-bond donors (Lipinski definition) is 1. The number of benzene rings is 2. The molecule has 0 aliphatic rings. The minimum Gasteiger partial charge on any atom is -0.339 e. The van der Waals surface area contributed by atoms with Crippen LogP contribution in [0.15, 0.2) is 54.6 Å². The topological polar surface area (TPSA) is 49.4 Å². The Labute approximate surface area is 149 Å². The van der Waals surface area contributed by atoms with E-state index in [4.69, 9.17) is 0 Å². The molecule has 0 heterocycles. The van der Waals surface area contributed by atoms with Crippen molar-refractivity contribution in [2.45, 2.75) is 20.8 Å². The standard InChI is InChI=1S/C21H24N2O2/c1-4-23(5-2)21(25)18-10-7-11-19(15-18)22-20(24)13-12-17-9-6-8-16(3)14-17/h6-15H,4-5H2,1-3H3,(H,22,24)/b13-12+. The summed E-state index contributed by atoms with van der Waals surface area (Å²) >= 11 is 0. The fourth-order valence-corrected chi connectivity index (χ4v) is 2.55.